The van der Waals surface area contributed by atoms with Gasteiger partial charge in [-0.25, -0.2) is 0 Å². The van der Waals surface area contributed by atoms with Gasteiger partial charge in [-0.15, -0.1) is 0 Å². The van der Waals surface area contributed by atoms with Gasteiger partial charge in [0.25, 0.3) is 0 Å². The summed E-state index contributed by atoms with van der Waals surface area (Å²) >= 11 is 0. The van der Waals surface area contributed by atoms with Crippen molar-refractivity contribution in [2.45, 2.75) is 78.1 Å². The van der Waals surface area contributed by atoms with E-state index < -0.39 is 11.9 Å². The number of rotatable bonds is 4. The predicted molar refractivity (Wildman–Crippen MR) is 104 cm³/mol. The Morgan fingerprint density at radius 1 is 0.966 bits per heavy atom. The molecule has 0 unspecified atom stereocenters. The molecule has 0 aromatic rings. The average Bonchev–Trinajstić information content (AvgIpc) is 2.98. The van der Waals surface area contributed by atoms with Gasteiger partial charge in [-0.3, -0.25) is 19.2 Å². The number of ketones is 2. The minimum Gasteiger partial charge on any atom is -0.481 e. The average molecular weight is 402 g/mol. The highest BCUT2D eigenvalue weighted by Gasteiger charge is 2.59. The van der Waals surface area contributed by atoms with E-state index in [1.807, 2.05) is 0 Å². The van der Waals surface area contributed by atoms with Crippen molar-refractivity contribution in [1.29, 1.82) is 0 Å². The smallest absolute Gasteiger partial charge is 0.311 e. The van der Waals surface area contributed by atoms with Crippen molar-refractivity contribution in [3.8, 4) is 0 Å². The second kappa shape index (κ2) is 7.06. The van der Waals surface area contributed by atoms with Gasteiger partial charge in [-0.2, -0.15) is 0 Å². The number of carboxylic acid groups (broad SMARTS) is 1. The summed E-state index contributed by atoms with van der Waals surface area (Å²) in [5, 5.41) is 8.78. The molecule has 1 N–H and O–H groups in total. The molecule has 4 rings (SSSR count). The van der Waals surface area contributed by atoms with Gasteiger partial charge in [0, 0.05) is 18.3 Å². The van der Waals surface area contributed by atoms with Crippen LogP contribution in [-0.2, 0) is 23.9 Å². The Bertz CT molecular complexity index is 810. The Hall–Kier alpha value is -1.98. The number of hydrogen-bond donors (Lipinski definition) is 1. The van der Waals surface area contributed by atoms with Crippen molar-refractivity contribution < 1.29 is 29.0 Å². The highest BCUT2D eigenvalue weighted by Crippen LogP contribution is 2.65. The minimum absolute atomic E-state index is 0.142. The van der Waals surface area contributed by atoms with E-state index in [2.05, 4.69) is 13.8 Å². The summed E-state index contributed by atoms with van der Waals surface area (Å²) in [6.45, 7) is 4.35. The lowest BCUT2D eigenvalue weighted by Crippen LogP contribution is -2.51. The van der Waals surface area contributed by atoms with Crippen LogP contribution in [0.2, 0.25) is 0 Å². The molecule has 4 aliphatic rings. The molecule has 0 aromatic carbocycles. The first-order valence-electron chi connectivity index (χ1n) is 10.9. The van der Waals surface area contributed by atoms with Crippen LogP contribution in [0.15, 0.2) is 11.3 Å². The first-order valence-corrected chi connectivity index (χ1v) is 10.9. The van der Waals surface area contributed by atoms with Gasteiger partial charge in [0.2, 0.25) is 0 Å². The van der Waals surface area contributed by atoms with E-state index in [4.69, 9.17) is 9.84 Å². The first-order chi connectivity index (χ1) is 13.7. The van der Waals surface area contributed by atoms with Crippen molar-refractivity contribution in [2.75, 3.05) is 0 Å². The lowest BCUT2D eigenvalue weighted by Gasteiger charge is -2.57. The molecule has 6 heteroatoms. The Morgan fingerprint density at radius 3 is 2.41 bits per heavy atom. The van der Waals surface area contributed by atoms with E-state index in [0.717, 1.165) is 37.7 Å². The van der Waals surface area contributed by atoms with Crippen molar-refractivity contribution in [2.24, 2.45) is 28.6 Å². The maximum absolute atomic E-state index is 12.6. The van der Waals surface area contributed by atoms with Crippen molar-refractivity contribution >= 4 is 23.5 Å². The van der Waals surface area contributed by atoms with Crippen LogP contribution in [0.4, 0.5) is 0 Å². The number of ether oxygens (including phenoxy) is 1. The Kier molecular flexibility index (Phi) is 4.94. The number of allylic oxidation sites excluding steroid dienone is 1. The summed E-state index contributed by atoms with van der Waals surface area (Å²) in [6, 6.07) is 0. The van der Waals surface area contributed by atoms with Crippen LogP contribution in [-0.4, -0.2) is 28.6 Å². The van der Waals surface area contributed by atoms with E-state index in [9.17, 15) is 19.2 Å². The number of Topliss-reactive ketones (excluding diaryl/α,β-unsaturated/α-hetero) is 2. The standard InChI is InChI=1S/C23H30O6/c1-22-12-10-17(24)21(29-20(28)8-7-19(26)27)16(22)4-3-13-14-5-6-18(25)23(14,2)11-9-15(13)22/h13-15H,3-12H2,1-2H3,(H,26,27)/t13-,14-,15-,22+,23-/m0/s1. The van der Waals surface area contributed by atoms with E-state index >= 15 is 0 Å². The second-order valence-electron chi connectivity index (χ2n) is 9.85. The molecule has 0 aromatic heterocycles. The molecule has 158 valence electrons. The maximum atomic E-state index is 12.6. The fourth-order valence-electron chi connectivity index (χ4n) is 6.93. The van der Waals surface area contributed by atoms with Crippen LogP contribution in [0.25, 0.3) is 0 Å². The van der Waals surface area contributed by atoms with Crippen molar-refractivity contribution in [1.82, 2.24) is 0 Å². The minimum atomic E-state index is -1.06. The molecule has 0 saturated heterocycles. The molecule has 0 bridgehead atoms. The number of carbonyl (C=O) groups excluding carboxylic acids is 3. The largest absolute Gasteiger partial charge is 0.481 e. The molecule has 0 amide bonds. The summed E-state index contributed by atoms with van der Waals surface area (Å²) in [6.07, 6.45) is 5.76. The maximum Gasteiger partial charge on any atom is 0.311 e. The zero-order valence-corrected chi connectivity index (χ0v) is 17.3. The summed E-state index contributed by atoms with van der Waals surface area (Å²) in [5.74, 6) is 0.0519. The van der Waals surface area contributed by atoms with Crippen LogP contribution >= 0.6 is 0 Å². The molecule has 6 nitrogen and oxygen atoms in total. The fourth-order valence-corrected chi connectivity index (χ4v) is 6.93. The van der Waals surface area contributed by atoms with E-state index in [1.54, 1.807) is 0 Å². The van der Waals surface area contributed by atoms with Gasteiger partial charge >= 0.3 is 11.9 Å². The third-order valence-electron chi connectivity index (χ3n) is 8.54. The monoisotopic (exact) mass is 402 g/mol. The quantitative estimate of drug-likeness (QED) is 0.718. The molecule has 5 atom stereocenters. The summed E-state index contributed by atoms with van der Waals surface area (Å²) in [4.78, 5) is 48.0. The molecule has 3 saturated carbocycles. The zero-order chi connectivity index (χ0) is 21.0. The molecule has 3 fully saturated rings. The third kappa shape index (κ3) is 3.15. The fraction of sp³-hybridized carbons (Fsp3) is 0.739. The van der Waals surface area contributed by atoms with Gasteiger partial charge < -0.3 is 9.84 Å². The normalized spacial score (nSPS) is 38.9. The summed E-state index contributed by atoms with van der Waals surface area (Å²) in [7, 11) is 0. The molecule has 0 spiro atoms. The molecular weight excluding hydrogens is 372 g/mol. The molecule has 29 heavy (non-hydrogen) atoms. The van der Waals surface area contributed by atoms with Crippen LogP contribution in [0.3, 0.4) is 0 Å². The Morgan fingerprint density at radius 2 is 1.69 bits per heavy atom. The number of esters is 1. The lowest BCUT2D eigenvalue weighted by atomic mass is 9.47. The van der Waals surface area contributed by atoms with E-state index in [1.165, 1.54) is 0 Å². The van der Waals surface area contributed by atoms with Crippen LogP contribution in [0, 0.1) is 28.6 Å². The van der Waals surface area contributed by atoms with Crippen molar-refractivity contribution in [3.63, 3.8) is 0 Å². The van der Waals surface area contributed by atoms with Gasteiger partial charge in [0.15, 0.2) is 11.5 Å². The van der Waals surface area contributed by atoms with Gasteiger partial charge in [-0.05, 0) is 67.3 Å². The van der Waals surface area contributed by atoms with Gasteiger partial charge in [0.05, 0.1) is 12.8 Å². The SMILES string of the molecule is C[C@]12CCC(=O)C(OC(=O)CCC(=O)O)=C1CC[C@@H]1[C@@H]2CC[C@]2(C)C(=O)CC[C@@H]12. The van der Waals surface area contributed by atoms with Crippen LogP contribution < -0.4 is 0 Å². The molecule has 4 aliphatic carbocycles. The summed E-state index contributed by atoms with van der Waals surface area (Å²) < 4.78 is 5.47. The Balaban J connectivity index is 1.61. The molecule has 0 aliphatic heterocycles. The number of fused-ring (bicyclic) bond motifs is 5. The first kappa shape index (κ1) is 20.3. The Labute approximate surface area is 171 Å². The van der Waals surface area contributed by atoms with E-state index in [-0.39, 0.29) is 35.2 Å². The van der Waals surface area contributed by atoms with E-state index in [0.29, 0.717) is 42.8 Å². The number of aliphatic carboxylic acids is 1. The summed E-state index contributed by atoms with van der Waals surface area (Å²) in [5.41, 5.74) is 0.577. The molecular formula is C23H30O6. The zero-order valence-electron chi connectivity index (χ0n) is 17.3. The highest BCUT2D eigenvalue weighted by molar-refractivity contribution is 5.97. The number of carbonyl (C=O) groups is 4. The highest BCUT2D eigenvalue weighted by atomic mass is 16.5. The van der Waals surface area contributed by atoms with Crippen LogP contribution in [0.5, 0.6) is 0 Å². The lowest BCUT2D eigenvalue weighted by molar-refractivity contribution is -0.147. The predicted octanol–water partition coefficient (Wildman–Crippen LogP) is 3.82. The van der Waals surface area contributed by atoms with Gasteiger partial charge in [0.1, 0.15) is 5.78 Å². The topological polar surface area (TPSA) is 97.7 Å². The third-order valence-corrected chi connectivity index (χ3v) is 8.54. The van der Waals surface area contributed by atoms with Crippen molar-refractivity contribution in [3.05, 3.63) is 11.3 Å². The van der Waals surface area contributed by atoms with Crippen LogP contribution in [0.1, 0.15) is 78.1 Å². The molecule has 0 heterocycles. The van der Waals surface area contributed by atoms with Gasteiger partial charge in [-0.1, -0.05) is 13.8 Å². The second-order valence-corrected chi connectivity index (χ2v) is 9.85. The number of hydrogen-bond acceptors (Lipinski definition) is 5. The number of carboxylic acids is 1. The molecule has 0 radical (unpaired) electrons.